The van der Waals surface area contributed by atoms with Gasteiger partial charge in [0.1, 0.15) is 5.82 Å². The Hall–Kier alpha value is -1.62. The topological polar surface area (TPSA) is 58.4 Å². The van der Waals surface area contributed by atoms with Crippen molar-refractivity contribution in [1.82, 2.24) is 5.32 Å². The van der Waals surface area contributed by atoms with Gasteiger partial charge in [-0.15, -0.1) is 0 Å². The highest BCUT2D eigenvalue weighted by Gasteiger charge is 2.35. The summed E-state index contributed by atoms with van der Waals surface area (Å²) < 4.78 is 13.3. The minimum atomic E-state index is -0.580. The zero-order chi connectivity index (χ0) is 14.3. The number of carbonyl (C=O) groups excluding carboxylic acids is 1. The highest BCUT2D eigenvalue weighted by Crippen LogP contribution is 2.32. The van der Waals surface area contributed by atoms with Gasteiger partial charge in [-0.25, -0.2) is 4.39 Å². The number of nitrogens with two attached hydrogens (primary N) is 1. The van der Waals surface area contributed by atoms with E-state index in [-0.39, 0.29) is 5.56 Å². The molecule has 2 heterocycles. The molecule has 5 heteroatoms. The molecule has 1 amide bonds. The van der Waals surface area contributed by atoms with Crippen molar-refractivity contribution in [3.8, 4) is 0 Å². The lowest BCUT2D eigenvalue weighted by Gasteiger charge is -2.37. The number of amides is 1. The van der Waals surface area contributed by atoms with E-state index in [0.717, 1.165) is 18.5 Å². The minimum Gasteiger partial charge on any atom is -0.371 e. The molecule has 1 aromatic carbocycles. The maximum absolute atomic E-state index is 13.3. The van der Waals surface area contributed by atoms with Gasteiger partial charge in [0.05, 0.1) is 5.56 Å². The lowest BCUT2D eigenvalue weighted by molar-refractivity contribution is 0.1000. The van der Waals surface area contributed by atoms with Gasteiger partial charge in [-0.3, -0.25) is 4.79 Å². The Morgan fingerprint density at radius 3 is 2.60 bits per heavy atom. The van der Waals surface area contributed by atoms with Gasteiger partial charge in [-0.2, -0.15) is 0 Å². The van der Waals surface area contributed by atoms with Crippen molar-refractivity contribution in [2.24, 2.45) is 5.73 Å². The van der Waals surface area contributed by atoms with Gasteiger partial charge >= 0.3 is 0 Å². The number of piperidine rings is 1. The second-order valence-corrected chi connectivity index (χ2v) is 5.90. The quantitative estimate of drug-likeness (QED) is 0.883. The summed E-state index contributed by atoms with van der Waals surface area (Å²) in [5, 5.41) is 3.59. The first-order chi connectivity index (χ1) is 9.54. The molecule has 2 unspecified atom stereocenters. The highest BCUT2D eigenvalue weighted by atomic mass is 19.1. The third kappa shape index (κ3) is 2.38. The van der Waals surface area contributed by atoms with Crippen LogP contribution in [0.1, 0.15) is 36.0 Å². The number of hydrogen-bond donors (Lipinski definition) is 2. The van der Waals surface area contributed by atoms with Crippen LogP contribution in [0.4, 0.5) is 10.1 Å². The smallest absolute Gasteiger partial charge is 0.250 e. The summed E-state index contributed by atoms with van der Waals surface area (Å²) >= 11 is 0. The maximum atomic E-state index is 13.3. The van der Waals surface area contributed by atoms with E-state index in [9.17, 15) is 9.18 Å². The molecule has 2 saturated heterocycles. The molecule has 2 aliphatic rings. The van der Waals surface area contributed by atoms with Crippen LogP contribution in [0.3, 0.4) is 0 Å². The van der Waals surface area contributed by atoms with Crippen LogP contribution < -0.4 is 16.0 Å². The van der Waals surface area contributed by atoms with Crippen LogP contribution in [0.2, 0.25) is 0 Å². The van der Waals surface area contributed by atoms with Gasteiger partial charge < -0.3 is 16.0 Å². The molecular formula is C15H20FN3O. The Morgan fingerprint density at radius 2 is 2.00 bits per heavy atom. The van der Waals surface area contributed by atoms with Crippen molar-refractivity contribution in [2.75, 3.05) is 11.9 Å². The molecular weight excluding hydrogens is 257 g/mol. The molecule has 4 nitrogen and oxygen atoms in total. The number of halogens is 1. The number of nitrogens with one attached hydrogen (secondary N) is 1. The molecule has 20 heavy (non-hydrogen) atoms. The monoisotopic (exact) mass is 277 g/mol. The Labute approximate surface area is 118 Å². The second-order valence-electron chi connectivity index (χ2n) is 5.90. The molecule has 0 spiro atoms. The SMILES string of the molecule is CN(c1ccc(F)cc1C(N)=O)C1CC2CCC(C1)N2. The van der Waals surface area contributed by atoms with E-state index >= 15 is 0 Å². The van der Waals surface area contributed by atoms with Gasteiger partial charge in [0.15, 0.2) is 0 Å². The number of primary amides is 1. The fourth-order valence-electron chi connectivity index (χ4n) is 3.55. The minimum absolute atomic E-state index is 0.262. The Morgan fingerprint density at radius 1 is 1.35 bits per heavy atom. The van der Waals surface area contributed by atoms with Crippen molar-refractivity contribution in [3.05, 3.63) is 29.6 Å². The first kappa shape index (κ1) is 13.4. The fraction of sp³-hybridized carbons (Fsp3) is 0.533. The van der Waals surface area contributed by atoms with E-state index in [2.05, 4.69) is 10.2 Å². The third-order valence-electron chi connectivity index (χ3n) is 4.60. The van der Waals surface area contributed by atoms with Crippen molar-refractivity contribution in [1.29, 1.82) is 0 Å². The molecule has 2 atom stereocenters. The van der Waals surface area contributed by atoms with Crippen LogP contribution >= 0.6 is 0 Å². The van der Waals surface area contributed by atoms with Gasteiger partial charge in [0, 0.05) is 30.9 Å². The van der Waals surface area contributed by atoms with E-state index < -0.39 is 11.7 Å². The van der Waals surface area contributed by atoms with Crippen LogP contribution in [0.5, 0.6) is 0 Å². The number of carbonyl (C=O) groups is 1. The summed E-state index contributed by atoms with van der Waals surface area (Å²) in [4.78, 5) is 13.6. The predicted molar refractivity (Wildman–Crippen MR) is 76.3 cm³/mol. The lowest BCUT2D eigenvalue weighted by atomic mass is 9.97. The summed E-state index contributed by atoms with van der Waals surface area (Å²) in [5.41, 5.74) is 6.36. The zero-order valence-electron chi connectivity index (χ0n) is 11.6. The van der Waals surface area contributed by atoms with E-state index in [0.29, 0.717) is 18.1 Å². The molecule has 2 fully saturated rings. The van der Waals surface area contributed by atoms with Crippen LogP contribution in [0, 0.1) is 5.82 Å². The number of fused-ring (bicyclic) bond motifs is 2. The van der Waals surface area contributed by atoms with Crippen LogP contribution in [-0.2, 0) is 0 Å². The summed E-state index contributed by atoms with van der Waals surface area (Å²) in [6.07, 6.45) is 4.56. The Kier molecular flexibility index (Phi) is 3.38. The van der Waals surface area contributed by atoms with E-state index in [1.165, 1.54) is 25.0 Å². The second kappa shape index (κ2) is 5.05. The molecule has 0 aromatic heterocycles. The summed E-state index contributed by atoms with van der Waals surface area (Å²) in [6, 6.07) is 5.77. The van der Waals surface area contributed by atoms with Gasteiger partial charge in [-0.05, 0) is 43.9 Å². The average Bonchev–Trinajstić information content (AvgIpc) is 2.76. The molecule has 0 saturated carbocycles. The molecule has 1 aromatic rings. The molecule has 3 rings (SSSR count). The Bertz CT molecular complexity index is 522. The molecule has 108 valence electrons. The highest BCUT2D eigenvalue weighted by molar-refractivity contribution is 5.98. The first-order valence-electron chi connectivity index (χ1n) is 7.13. The summed E-state index contributed by atoms with van der Waals surface area (Å²) in [6.45, 7) is 0. The molecule has 2 aliphatic heterocycles. The molecule has 3 N–H and O–H groups in total. The van der Waals surface area contributed by atoms with Gasteiger partial charge in [0.2, 0.25) is 0 Å². The maximum Gasteiger partial charge on any atom is 0.250 e. The van der Waals surface area contributed by atoms with Crippen molar-refractivity contribution >= 4 is 11.6 Å². The Balaban J connectivity index is 1.87. The normalized spacial score (nSPS) is 28.4. The van der Waals surface area contributed by atoms with Crippen molar-refractivity contribution in [3.63, 3.8) is 0 Å². The first-order valence-corrected chi connectivity index (χ1v) is 7.13. The average molecular weight is 277 g/mol. The molecule has 2 bridgehead atoms. The van der Waals surface area contributed by atoms with E-state index in [4.69, 9.17) is 5.73 Å². The zero-order valence-corrected chi connectivity index (χ0v) is 11.6. The van der Waals surface area contributed by atoms with E-state index in [1.54, 1.807) is 6.07 Å². The van der Waals surface area contributed by atoms with Crippen molar-refractivity contribution in [2.45, 2.75) is 43.8 Å². The lowest BCUT2D eigenvalue weighted by Crippen LogP contribution is -2.47. The van der Waals surface area contributed by atoms with Crippen LogP contribution in [0.15, 0.2) is 18.2 Å². The fourth-order valence-corrected chi connectivity index (χ4v) is 3.55. The standard InChI is InChI=1S/C15H20FN3O/c1-19(12-7-10-3-4-11(8-12)18-10)14-5-2-9(16)6-13(14)15(17)20/h2,5-6,10-12,18H,3-4,7-8H2,1H3,(H2,17,20). The van der Waals surface area contributed by atoms with Crippen molar-refractivity contribution < 1.29 is 9.18 Å². The predicted octanol–water partition coefficient (Wildman–Crippen LogP) is 1.64. The molecule has 0 aliphatic carbocycles. The molecule has 0 radical (unpaired) electrons. The van der Waals surface area contributed by atoms with Crippen LogP contribution in [0.25, 0.3) is 0 Å². The summed E-state index contributed by atoms with van der Waals surface area (Å²) in [7, 11) is 1.97. The number of nitrogens with zero attached hydrogens (tertiary/aromatic N) is 1. The largest absolute Gasteiger partial charge is 0.371 e. The number of anilines is 1. The van der Waals surface area contributed by atoms with Gasteiger partial charge in [0.25, 0.3) is 5.91 Å². The number of rotatable bonds is 3. The van der Waals surface area contributed by atoms with Gasteiger partial charge in [-0.1, -0.05) is 0 Å². The number of benzene rings is 1. The summed E-state index contributed by atoms with van der Waals surface area (Å²) in [5.74, 6) is -1.01. The number of hydrogen-bond acceptors (Lipinski definition) is 3. The van der Waals surface area contributed by atoms with E-state index in [1.807, 2.05) is 7.05 Å². The third-order valence-corrected chi connectivity index (χ3v) is 4.60. The van der Waals surface area contributed by atoms with Crippen LogP contribution in [-0.4, -0.2) is 31.1 Å².